The number of anilines is 2. The summed E-state index contributed by atoms with van der Waals surface area (Å²) in [7, 11) is 0. The van der Waals surface area contributed by atoms with E-state index in [9.17, 15) is 9.59 Å². The lowest BCUT2D eigenvalue weighted by molar-refractivity contribution is 0.0954. The van der Waals surface area contributed by atoms with Crippen LogP contribution in [0.15, 0.2) is 42.0 Å². The first-order valence-corrected chi connectivity index (χ1v) is 12.8. The van der Waals surface area contributed by atoms with Gasteiger partial charge in [0.25, 0.3) is 11.8 Å². The van der Waals surface area contributed by atoms with E-state index >= 15 is 0 Å². The third-order valence-corrected chi connectivity index (χ3v) is 6.67. The SMILES string of the molecule is CCCNC(=O)c1cc(CC)ccc1NC(=O)c1csc(N2CCC(Oc3ncccn3)CC2)n1. The molecular weight excluding hydrogens is 464 g/mol. The molecule has 35 heavy (non-hydrogen) atoms. The second-order valence-electron chi connectivity index (χ2n) is 8.29. The molecule has 0 aliphatic carbocycles. The smallest absolute Gasteiger partial charge is 0.316 e. The lowest BCUT2D eigenvalue weighted by Crippen LogP contribution is -2.38. The molecule has 2 N–H and O–H groups in total. The zero-order valence-corrected chi connectivity index (χ0v) is 20.8. The molecule has 4 rings (SSSR count). The molecule has 2 amide bonds. The monoisotopic (exact) mass is 494 g/mol. The first-order chi connectivity index (χ1) is 17.1. The van der Waals surface area contributed by atoms with Crippen LogP contribution in [0, 0.1) is 0 Å². The fraction of sp³-hybridized carbons (Fsp3) is 0.400. The molecular formula is C25H30N6O3S. The van der Waals surface area contributed by atoms with Crippen molar-refractivity contribution in [2.45, 2.75) is 45.6 Å². The van der Waals surface area contributed by atoms with E-state index in [1.165, 1.54) is 11.3 Å². The second-order valence-corrected chi connectivity index (χ2v) is 9.13. The van der Waals surface area contributed by atoms with Gasteiger partial charge >= 0.3 is 6.01 Å². The minimum atomic E-state index is -0.333. The van der Waals surface area contributed by atoms with Crippen molar-refractivity contribution in [1.82, 2.24) is 20.3 Å². The number of nitrogens with zero attached hydrogens (tertiary/aromatic N) is 4. The van der Waals surface area contributed by atoms with Crippen LogP contribution in [0.4, 0.5) is 10.8 Å². The Morgan fingerprint density at radius 2 is 1.91 bits per heavy atom. The van der Waals surface area contributed by atoms with E-state index < -0.39 is 0 Å². The Balaban J connectivity index is 1.38. The van der Waals surface area contributed by atoms with Gasteiger partial charge in [-0.1, -0.05) is 19.9 Å². The summed E-state index contributed by atoms with van der Waals surface area (Å²) in [6.07, 6.45) is 6.67. The standard InChI is InChI=1S/C25H30N6O3S/c1-3-10-26-22(32)19-15-17(4-2)6-7-20(19)29-23(33)21-16-35-25(30-21)31-13-8-18(9-14-31)34-24-27-11-5-12-28-24/h5-7,11-12,15-16,18H,3-4,8-10,13-14H2,1-2H3,(H,26,32)(H,29,33). The largest absolute Gasteiger partial charge is 0.460 e. The van der Waals surface area contributed by atoms with Crippen LogP contribution in [0.2, 0.25) is 0 Å². The zero-order chi connectivity index (χ0) is 24.6. The molecule has 0 saturated carbocycles. The Hall–Kier alpha value is -3.53. The number of hydrogen-bond acceptors (Lipinski definition) is 8. The normalized spacial score (nSPS) is 13.9. The zero-order valence-electron chi connectivity index (χ0n) is 20.0. The summed E-state index contributed by atoms with van der Waals surface area (Å²) in [5, 5.41) is 8.32. The molecule has 0 radical (unpaired) electrons. The third kappa shape index (κ3) is 6.33. The number of carbonyl (C=O) groups is 2. The summed E-state index contributed by atoms with van der Waals surface area (Å²) in [5.41, 5.74) is 2.31. The van der Waals surface area contributed by atoms with Crippen molar-refractivity contribution in [2.75, 3.05) is 29.9 Å². The van der Waals surface area contributed by atoms with Crippen molar-refractivity contribution in [2.24, 2.45) is 0 Å². The van der Waals surface area contributed by atoms with Gasteiger partial charge < -0.3 is 20.3 Å². The molecule has 10 heteroatoms. The molecule has 9 nitrogen and oxygen atoms in total. The second kappa shape index (κ2) is 11.7. The first-order valence-electron chi connectivity index (χ1n) is 11.9. The summed E-state index contributed by atoms with van der Waals surface area (Å²) in [6, 6.07) is 7.69. The van der Waals surface area contributed by atoms with Crippen molar-refractivity contribution in [1.29, 1.82) is 0 Å². The van der Waals surface area contributed by atoms with Crippen LogP contribution in [0.3, 0.4) is 0 Å². The van der Waals surface area contributed by atoms with Gasteiger partial charge in [-0.2, -0.15) is 0 Å². The maximum Gasteiger partial charge on any atom is 0.316 e. The average molecular weight is 495 g/mol. The van der Waals surface area contributed by atoms with Crippen molar-refractivity contribution in [3.05, 3.63) is 58.9 Å². The molecule has 184 valence electrons. The molecule has 0 atom stereocenters. The van der Waals surface area contributed by atoms with E-state index in [0.29, 0.717) is 29.5 Å². The number of carbonyl (C=O) groups excluding carboxylic acids is 2. The molecule has 1 aromatic carbocycles. The molecule has 0 unspecified atom stereocenters. The Morgan fingerprint density at radius 1 is 1.14 bits per heavy atom. The molecule has 3 aromatic rings. The van der Waals surface area contributed by atoms with Gasteiger partial charge in [-0.15, -0.1) is 11.3 Å². The quantitative estimate of drug-likeness (QED) is 0.464. The Labute approximate surface area is 209 Å². The fourth-order valence-electron chi connectivity index (χ4n) is 3.80. The van der Waals surface area contributed by atoms with Gasteiger partial charge in [-0.3, -0.25) is 9.59 Å². The summed E-state index contributed by atoms with van der Waals surface area (Å²) < 4.78 is 5.86. The van der Waals surface area contributed by atoms with Gasteiger partial charge in [0.2, 0.25) is 0 Å². The summed E-state index contributed by atoms with van der Waals surface area (Å²) in [5.74, 6) is -0.525. The number of amides is 2. The maximum atomic E-state index is 13.0. The number of ether oxygens (including phenoxy) is 1. The molecule has 0 spiro atoms. The van der Waals surface area contributed by atoms with Crippen LogP contribution in [0.1, 0.15) is 59.5 Å². The number of aryl methyl sites for hydroxylation is 1. The van der Waals surface area contributed by atoms with E-state index in [4.69, 9.17) is 4.74 Å². The number of rotatable bonds is 9. The molecule has 1 aliphatic heterocycles. The highest BCUT2D eigenvalue weighted by Crippen LogP contribution is 2.26. The highest BCUT2D eigenvalue weighted by molar-refractivity contribution is 7.14. The van der Waals surface area contributed by atoms with E-state index in [2.05, 4.69) is 30.5 Å². The van der Waals surface area contributed by atoms with Crippen molar-refractivity contribution in [3.8, 4) is 6.01 Å². The highest BCUT2D eigenvalue weighted by Gasteiger charge is 2.24. The van der Waals surface area contributed by atoms with Crippen molar-refractivity contribution in [3.63, 3.8) is 0 Å². The topological polar surface area (TPSA) is 109 Å². The minimum Gasteiger partial charge on any atom is -0.460 e. The Bertz CT molecular complexity index is 1150. The van der Waals surface area contributed by atoms with Crippen LogP contribution in [-0.2, 0) is 6.42 Å². The summed E-state index contributed by atoms with van der Waals surface area (Å²) in [4.78, 5) is 40.6. The minimum absolute atomic E-state index is 0.0553. The number of piperidine rings is 1. The van der Waals surface area contributed by atoms with Crippen LogP contribution in [0.5, 0.6) is 6.01 Å². The lowest BCUT2D eigenvalue weighted by atomic mass is 10.1. The summed E-state index contributed by atoms with van der Waals surface area (Å²) >= 11 is 1.44. The Kier molecular flexibility index (Phi) is 8.25. The van der Waals surface area contributed by atoms with Gasteiger partial charge in [0.1, 0.15) is 11.8 Å². The predicted molar refractivity (Wildman–Crippen MR) is 136 cm³/mol. The number of aromatic nitrogens is 3. The number of benzene rings is 1. The van der Waals surface area contributed by atoms with E-state index in [0.717, 1.165) is 49.5 Å². The van der Waals surface area contributed by atoms with Gasteiger partial charge in [-0.25, -0.2) is 15.0 Å². The van der Waals surface area contributed by atoms with Crippen LogP contribution in [0.25, 0.3) is 0 Å². The van der Waals surface area contributed by atoms with Gasteiger partial charge in [0.05, 0.1) is 11.3 Å². The van der Waals surface area contributed by atoms with Crippen molar-refractivity contribution >= 4 is 34.0 Å². The van der Waals surface area contributed by atoms with E-state index in [1.54, 1.807) is 29.9 Å². The summed E-state index contributed by atoms with van der Waals surface area (Å²) in [6.45, 7) is 6.15. The van der Waals surface area contributed by atoms with E-state index in [-0.39, 0.29) is 17.9 Å². The predicted octanol–water partition coefficient (Wildman–Crippen LogP) is 3.94. The third-order valence-electron chi connectivity index (χ3n) is 5.77. The van der Waals surface area contributed by atoms with Gasteiger partial charge in [0.15, 0.2) is 5.13 Å². The highest BCUT2D eigenvalue weighted by atomic mass is 32.1. The van der Waals surface area contributed by atoms with Crippen LogP contribution >= 0.6 is 11.3 Å². The number of hydrogen-bond donors (Lipinski definition) is 2. The molecule has 1 fully saturated rings. The van der Waals surface area contributed by atoms with Gasteiger partial charge in [-0.05, 0) is 36.6 Å². The maximum absolute atomic E-state index is 13.0. The molecule has 1 saturated heterocycles. The van der Waals surface area contributed by atoms with Crippen LogP contribution in [-0.4, -0.2) is 52.5 Å². The van der Waals surface area contributed by atoms with Gasteiger partial charge in [0, 0.05) is 50.2 Å². The van der Waals surface area contributed by atoms with Crippen molar-refractivity contribution < 1.29 is 14.3 Å². The molecule has 2 aromatic heterocycles. The molecule has 1 aliphatic rings. The first kappa shape index (κ1) is 24.6. The lowest BCUT2D eigenvalue weighted by Gasteiger charge is -2.31. The Morgan fingerprint density at radius 3 is 2.63 bits per heavy atom. The fourth-order valence-corrected chi connectivity index (χ4v) is 4.66. The molecule has 0 bridgehead atoms. The van der Waals surface area contributed by atoms with E-state index in [1.807, 2.05) is 26.0 Å². The number of nitrogens with one attached hydrogen (secondary N) is 2. The molecule has 3 heterocycles. The average Bonchev–Trinajstić information content (AvgIpc) is 3.39. The number of thiazole rings is 1. The van der Waals surface area contributed by atoms with Crippen LogP contribution < -0.4 is 20.3 Å².